The third-order valence-corrected chi connectivity index (χ3v) is 2.91. The van der Waals surface area contributed by atoms with Crippen molar-refractivity contribution in [1.29, 1.82) is 0 Å². The maximum absolute atomic E-state index is 2.25. The molecule has 2 rings (SSSR count). The Morgan fingerprint density at radius 3 is 1.00 bits per heavy atom. The first-order valence-corrected chi connectivity index (χ1v) is 6.71. The summed E-state index contributed by atoms with van der Waals surface area (Å²) in [6, 6.07) is 20.7. The van der Waals surface area contributed by atoms with E-state index in [-0.39, 0.29) is 0 Å². The van der Waals surface area contributed by atoms with Gasteiger partial charge in [-0.1, -0.05) is 88.4 Å². The average molecular weight is 240 g/mol. The maximum Gasteiger partial charge on any atom is -0.0216 e. The van der Waals surface area contributed by atoms with Crippen LogP contribution < -0.4 is 0 Å². The topological polar surface area (TPSA) is 0 Å². The number of rotatable bonds is 2. The Hall–Kier alpha value is -1.56. The zero-order chi connectivity index (χ0) is 13.4. The van der Waals surface area contributed by atoms with Gasteiger partial charge in [-0.2, -0.15) is 0 Å². The fraction of sp³-hybridized carbons (Fsp3) is 0.333. The van der Waals surface area contributed by atoms with E-state index in [0.717, 1.165) is 0 Å². The van der Waals surface area contributed by atoms with Crippen LogP contribution >= 0.6 is 0 Å². The zero-order valence-corrected chi connectivity index (χ0v) is 11.9. The molecular formula is C18H24. The molecule has 0 unspecified atom stereocenters. The summed E-state index contributed by atoms with van der Waals surface area (Å²) in [7, 11) is 0. The van der Waals surface area contributed by atoms with Crippen LogP contribution in [0.3, 0.4) is 0 Å². The van der Waals surface area contributed by atoms with E-state index < -0.39 is 0 Å². The largest absolute Gasteiger partial charge is 0.0623 e. The van der Waals surface area contributed by atoms with Crippen molar-refractivity contribution < 1.29 is 0 Å². The molecule has 0 N–H and O–H groups in total. The molecule has 0 bridgehead atoms. The Morgan fingerprint density at radius 2 is 0.778 bits per heavy atom. The first-order chi connectivity index (χ1) is 8.63. The SMILES string of the molecule is CC(C)c1ccccc1C(C)C.c1ccccc1. The summed E-state index contributed by atoms with van der Waals surface area (Å²) < 4.78 is 0. The second-order valence-corrected chi connectivity index (χ2v) is 5.09. The minimum Gasteiger partial charge on any atom is -0.0623 e. The normalized spacial score (nSPS) is 10.1. The molecule has 0 aliphatic heterocycles. The molecule has 0 aliphatic carbocycles. The van der Waals surface area contributed by atoms with Crippen LogP contribution in [-0.4, -0.2) is 0 Å². The van der Waals surface area contributed by atoms with Gasteiger partial charge in [0.1, 0.15) is 0 Å². The second kappa shape index (κ2) is 7.71. The molecule has 0 radical (unpaired) electrons. The van der Waals surface area contributed by atoms with Crippen LogP contribution in [0.1, 0.15) is 50.7 Å². The Morgan fingerprint density at radius 1 is 0.500 bits per heavy atom. The molecule has 0 heterocycles. The van der Waals surface area contributed by atoms with Crippen LogP contribution in [0.4, 0.5) is 0 Å². The van der Waals surface area contributed by atoms with Crippen LogP contribution in [-0.2, 0) is 0 Å². The van der Waals surface area contributed by atoms with Crippen molar-refractivity contribution in [3.8, 4) is 0 Å². The molecule has 96 valence electrons. The number of benzene rings is 2. The molecule has 0 saturated carbocycles. The van der Waals surface area contributed by atoms with Crippen molar-refractivity contribution in [2.24, 2.45) is 0 Å². The molecule has 0 spiro atoms. The Labute approximate surface area is 112 Å². The van der Waals surface area contributed by atoms with Crippen molar-refractivity contribution in [1.82, 2.24) is 0 Å². The van der Waals surface area contributed by atoms with E-state index in [9.17, 15) is 0 Å². The van der Waals surface area contributed by atoms with E-state index in [2.05, 4.69) is 52.0 Å². The average Bonchev–Trinajstić information content (AvgIpc) is 2.41. The molecule has 0 aliphatic rings. The summed E-state index contributed by atoms with van der Waals surface area (Å²) in [6.45, 7) is 9.00. The molecule has 0 heteroatoms. The van der Waals surface area contributed by atoms with Gasteiger partial charge in [0, 0.05) is 0 Å². The van der Waals surface area contributed by atoms with E-state index in [1.165, 1.54) is 11.1 Å². The van der Waals surface area contributed by atoms with Crippen LogP contribution in [0.25, 0.3) is 0 Å². The quantitative estimate of drug-likeness (QED) is 0.639. The van der Waals surface area contributed by atoms with Crippen LogP contribution in [0.15, 0.2) is 60.7 Å². The van der Waals surface area contributed by atoms with Crippen molar-refractivity contribution in [2.75, 3.05) is 0 Å². The highest BCUT2D eigenvalue weighted by atomic mass is 14.1. The molecule has 0 saturated heterocycles. The number of hydrogen-bond donors (Lipinski definition) is 0. The first kappa shape index (κ1) is 14.5. The van der Waals surface area contributed by atoms with Crippen molar-refractivity contribution >= 4 is 0 Å². The van der Waals surface area contributed by atoms with E-state index >= 15 is 0 Å². The lowest BCUT2D eigenvalue weighted by atomic mass is 9.91. The van der Waals surface area contributed by atoms with Gasteiger partial charge in [0.25, 0.3) is 0 Å². The van der Waals surface area contributed by atoms with Gasteiger partial charge in [-0.15, -0.1) is 0 Å². The lowest BCUT2D eigenvalue weighted by Gasteiger charge is -2.14. The Balaban J connectivity index is 0.000000225. The first-order valence-electron chi connectivity index (χ1n) is 6.71. The smallest absolute Gasteiger partial charge is 0.0216 e. The lowest BCUT2D eigenvalue weighted by molar-refractivity contribution is 0.790. The van der Waals surface area contributed by atoms with Gasteiger partial charge in [0.15, 0.2) is 0 Å². The number of hydrogen-bond acceptors (Lipinski definition) is 0. The minimum atomic E-state index is 0.642. The summed E-state index contributed by atoms with van der Waals surface area (Å²) >= 11 is 0. The zero-order valence-electron chi connectivity index (χ0n) is 11.9. The van der Waals surface area contributed by atoms with Gasteiger partial charge >= 0.3 is 0 Å². The predicted octanol–water partition coefficient (Wildman–Crippen LogP) is 5.62. The summed E-state index contributed by atoms with van der Waals surface area (Å²) in [6.07, 6.45) is 0. The molecule has 0 aromatic heterocycles. The molecule has 0 amide bonds. The van der Waals surface area contributed by atoms with Crippen LogP contribution in [0, 0.1) is 0 Å². The highest BCUT2D eigenvalue weighted by Crippen LogP contribution is 2.25. The third kappa shape index (κ3) is 4.75. The molecule has 0 atom stereocenters. The second-order valence-electron chi connectivity index (χ2n) is 5.09. The third-order valence-electron chi connectivity index (χ3n) is 2.91. The van der Waals surface area contributed by atoms with Gasteiger partial charge < -0.3 is 0 Å². The van der Waals surface area contributed by atoms with Gasteiger partial charge in [-0.05, 0) is 23.0 Å². The summed E-state index contributed by atoms with van der Waals surface area (Å²) in [5.41, 5.74) is 2.99. The standard InChI is InChI=1S/C12H18.C6H6/c1-9(2)11-7-5-6-8-12(11)10(3)4;1-2-4-6-5-3-1/h5-10H,1-4H3;1-6H. The van der Waals surface area contributed by atoms with Gasteiger partial charge in [-0.25, -0.2) is 0 Å². The van der Waals surface area contributed by atoms with Gasteiger partial charge in [-0.3, -0.25) is 0 Å². The monoisotopic (exact) mass is 240 g/mol. The molecular weight excluding hydrogens is 216 g/mol. The summed E-state index contributed by atoms with van der Waals surface area (Å²) in [5, 5.41) is 0. The minimum absolute atomic E-state index is 0.642. The molecule has 0 fully saturated rings. The van der Waals surface area contributed by atoms with Gasteiger partial charge in [0.05, 0.1) is 0 Å². The molecule has 2 aromatic carbocycles. The Bertz CT molecular complexity index is 373. The van der Waals surface area contributed by atoms with Crippen molar-refractivity contribution in [3.05, 3.63) is 71.8 Å². The summed E-state index contributed by atoms with van der Waals surface area (Å²) in [5.74, 6) is 1.28. The fourth-order valence-corrected chi connectivity index (χ4v) is 1.95. The summed E-state index contributed by atoms with van der Waals surface area (Å²) in [4.78, 5) is 0. The van der Waals surface area contributed by atoms with E-state index in [4.69, 9.17) is 0 Å². The van der Waals surface area contributed by atoms with Crippen LogP contribution in [0.5, 0.6) is 0 Å². The molecule has 0 nitrogen and oxygen atoms in total. The van der Waals surface area contributed by atoms with Gasteiger partial charge in [0.2, 0.25) is 0 Å². The lowest BCUT2D eigenvalue weighted by Crippen LogP contribution is -1.97. The van der Waals surface area contributed by atoms with Crippen LogP contribution in [0.2, 0.25) is 0 Å². The van der Waals surface area contributed by atoms with E-state index in [0.29, 0.717) is 11.8 Å². The fourth-order valence-electron chi connectivity index (χ4n) is 1.95. The molecule has 18 heavy (non-hydrogen) atoms. The van der Waals surface area contributed by atoms with Crippen molar-refractivity contribution in [2.45, 2.75) is 39.5 Å². The van der Waals surface area contributed by atoms with E-state index in [1.54, 1.807) is 0 Å². The highest BCUT2D eigenvalue weighted by Gasteiger charge is 2.07. The Kier molecular flexibility index (Phi) is 6.21. The molecule has 2 aromatic rings. The maximum atomic E-state index is 2.25. The highest BCUT2D eigenvalue weighted by molar-refractivity contribution is 5.31. The predicted molar refractivity (Wildman–Crippen MR) is 81.1 cm³/mol. The van der Waals surface area contributed by atoms with E-state index in [1.807, 2.05) is 36.4 Å². The van der Waals surface area contributed by atoms with Crippen molar-refractivity contribution in [3.63, 3.8) is 0 Å².